The van der Waals surface area contributed by atoms with Gasteiger partial charge in [-0.3, -0.25) is 14.2 Å². The van der Waals surface area contributed by atoms with Crippen molar-refractivity contribution < 1.29 is 18.7 Å². The van der Waals surface area contributed by atoms with Gasteiger partial charge in [0.15, 0.2) is 5.78 Å². The number of nitrogens with zero attached hydrogens (tertiary/aromatic N) is 4. The minimum atomic E-state index is -1.24. The number of hydrogen-bond donors (Lipinski definition) is 0. The van der Waals surface area contributed by atoms with Gasteiger partial charge in [0.2, 0.25) is 0 Å². The highest BCUT2D eigenvalue weighted by molar-refractivity contribution is 7.09. The summed E-state index contributed by atoms with van der Waals surface area (Å²) in [5.74, 6) is -0.757. The molecule has 8 nitrogen and oxygen atoms in total. The number of thiazole rings is 1. The zero-order chi connectivity index (χ0) is 25.1. The van der Waals surface area contributed by atoms with Crippen molar-refractivity contribution in [1.29, 1.82) is 0 Å². The fraction of sp³-hybridized carbons (Fsp3) is 0.269. The molecule has 0 aliphatic carbocycles. The van der Waals surface area contributed by atoms with Gasteiger partial charge in [-0.2, -0.15) is 0 Å². The summed E-state index contributed by atoms with van der Waals surface area (Å²) in [7, 11) is 0. The van der Waals surface area contributed by atoms with Crippen LogP contribution in [0.25, 0.3) is 10.9 Å². The molecule has 0 bridgehead atoms. The molecule has 2 aromatic carbocycles. The number of carbonyl (C=O) groups excluding carboxylic acids is 2. The number of rotatable bonds is 6. The second-order valence-corrected chi connectivity index (χ2v) is 9.64. The first kappa shape index (κ1) is 23.8. The monoisotopic (exact) mass is 506 g/mol. The summed E-state index contributed by atoms with van der Waals surface area (Å²) in [5, 5.41) is 2.52. The van der Waals surface area contributed by atoms with E-state index in [-0.39, 0.29) is 50.1 Å². The van der Waals surface area contributed by atoms with E-state index >= 15 is 0 Å². The highest BCUT2D eigenvalue weighted by atomic mass is 32.1. The number of fused-ring (bicyclic) bond motifs is 1. The number of piperidine rings is 1. The number of aromatic nitrogens is 3. The lowest BCUT2D eigenvalue weighted by atomic mass is 9.81. The van der Waals surface area contributed by atoms with Crippen LogP contribution in [0, 0.1) is 5.82 Å². The van der Waals surface area contributed by atoms with Crippen molar-refractivity contribution in [3.8, 4) is 0 Å². The molecule has 1 aliphatic heterocycles. The molecule has 184 valence electrons. The summed E-state index contributed by atoms with van der Waals surface area (Å²) in [6, 6.07) is 13.2. The van der Waals surface area contributed by atoms with E-state index in [0.717, 1.165) is 11.6 Å². The van der Waals surface area contributed by atoms with E-state index in [2.05, 4.69) is 9.97 Å². The fourth-order valence-corrected chi connectivity index (χ4v) is 5.18. The lowest BCUT2D eigenvalue weighted by Gasteiger charge is -2.41. The summed E-state index contributed by atoms with van der Waals surface area (Å²) in [5.41, 5.74) is -0.516. The van der Waals surface area contributed by atoms with Gasteiger partial charge in [-0.05, 0) is 36.6 Å². The van der Waals surface area contributed by atoms with Crippen molar-refractivity contribution in [3.05, 3.63) is 93.2 Å². The van der Waals surface area contributed by atoms with Gasteiger partial charge in [0.05, 0.1) is 28.7 Å². The summed E-state index contributed by atoms with van der Waals surface area (Å²) in [6.07, 6.45) is 2.93. The van der Waals surface area contributed by atoms with Gasteiger partial charge < -0.3 is 9.64 Å². The molecule has 0 saturated carbocycles. The zero-order valence-corrected chi connectivity index (χ0v) is 20.1. The van der Waals surface area contributed by atoms with Crippen LogP contribution in [0.2, 0.25) is 0 Å². The first-order valence-electron chi connectivity index (χ1n) is 11.5. The third-order valence-corrected chi connectivity index (χ3v) is 7.33. The molecule has 0 spiro atoms. The second-order valence-electron chi connectivity index (χ2n) is 8.67. The minimum Gasteiger partial charge on any atom is -0.445 e. The maximum Gasteiger partial charge on any atom is 0.410 e. The maximum absolute atomic E-state index is 13.9. The number of benzene rings is 2. The van der Waals surface area contributed by atoms with Crippen molar-refractivity contribution in [1.82, 2.24) is 19.4 Å². The number of Topliss-reactive ketones (excluding diaryl/α,β-unsaturated/α-hetero) is 1. The Bertz CT molecular complexity index is 1450. The number of hydrogen-bond acceptors (Lipinski definition) is 7. The van der Waals surface area contributed by atoms with Gasteiger partial charge in [-0.15, -0.1) is 11.3 Å². The average Bonchev–Trinajstić information content (AvgIpc) is 3.41. The van der Waals surface area contributed by atoms with Gasteiger partial charge in [-0.25, -0.2) is 19.2 Å². The van der Waals surface area contributed by atoms with Crippen LogP contribution in [0.3, 0.4) is 0 Å². The van der Waals surface area contributed by atoms with Crippen LogP contribution in [0.1, 0.15) is 23.4 Å². The first-order chi connectivity index (χ1) is 17.5. The summed E-state index contributed by atoms with van der Waals surface area (Å²) in [4.78, 5) is 49.9. The number of likely N-dealkylation sites (tertiary alicyclic amines) is 1. The van der Waals surface area contributed by atoms with Crippen LogP contribution >= 0.6 is 11.3 Å². The normalized spacial score (nSPS) is 15.1. The molecule has 0 N–H and O–H groups in total. The molecule has 3 heterocycles. The van der Waals surface area contributed by atoms with E-state index in [1.54, 1.807) is 11.6 Å². The van der Waals surface area contributed by atoms with Crippen LogP contribution < -0.4 is 5.56 Å². The minimum absolute atomic E-state index is 0.0454. The first-order valence-corrected chi connectivity index (χ1v) is 12.4. The highest BCUT2D eigenvalue weighted by Crippen LogP contribution is 2.32. The standard InChI is InChI=1S/C26H23FN4O4S/c27-19-6-7-21-20(14-19)24(33)31(17-29-21)26(22(32)15-23-28-10-13-36-23)8-11-30(12-9-26)25(34)35-16-18-4-2-1-3-5-18/h1-7,10,13-14,17H,8-9,11-12,15-16H2. The third-order valence-electron chi connectivity index (χ3n) is 6.55. The average molecular weight is 507 g/mol. The molecule has 2 aromatic heterocycles. The molecule has 0 unspecified atom stereocenters. The topological polar surface area (TPSA) is 94.4 Å². The van der Waals surface area contributed by atoms with E-state index < -0.39 is 23.0 Å². The van der Waals surface area contributed by atoms with Crippen molar-refractivity contribution in [2.75, 3.05) is 13.1 Å². The molecular weight excluding hydrogens is 483 g/mol. The Morgan fingerprint density at radius 2 is 1.86 bits per heavy atom. The molecule has 0 atom stereocenters. The predicted molar refractivity (Wildman–Crippen MR) is 132 cm³/mol. The molecule has 1 amide bonds. The predicted octanol–water partition coefficient (Wildman–Crippen LogP) is 3.93. The number of ketones is 1. The Hall–Kier alpha value is -3.92. The van der Waals surface area contributed by atoms with Crippen LogP contribution in [0.4, 0.5) is 9.18 Å². The molecule has 5 rings (SSSR count). The Balaban J connectivity index is 1.42. The number of carbonyl (C=O) groups is 2. The van der Waals surface area contributed by atoms with Gasteiger partial charge in [0.25, 0.3) is 5.56 Å². The molecule has 36 heavy (non-hydrogen) atoms. The molecular formula is C26H23FN4O4S. The number of ether oxygens (including phenoxy) is 1. The van der Waals surface area contributed by atoms with Gasteiger partial charge >= 0.3 is 6.09 Å². The summed E-state index contributed by atoms with van der Waals surface area (Å²) in [6.45, 7) is 0.569. The maximum atomic E-state index is 13.9. The summed E-state index contributed by atoms with van der Waals surface area (Å²) < 4.78 is 20.7. The second kappa shape index (κ2) is 9.98. The van der Waals surface area contributed by atoms with Crippen molar-refractivity contribution in [3.63, 3.8) is 0 Å². The van der Waals surface area contributed by atoms with Crippen LogP contribution in [0.5, 0.6) is 0 Å². The van der Waals surface area contributed by atoms with Crippen molar-refractivity contribution >= 4 is 34.1 Å². The number of amides is 1. The van der Waals surface area contributed by atoms with E-state index in [1.165, 1.54) is 39.3 Å². The Kier molecular flexibility index (Phi) is 6.60. The fourth-order valence-electron chi connectivity index (χ4n) is 4.57. The molecule has 10 heteroatoms. The van der Waals surface area contributed by atoms with E-state index in [4.69, 9.17) is 4.74 Å². The SMILES string of the molecule is O=C(OCc1ccccc1)N1CCC(C(=O)Cc2nccs2)(n2cnc3ccc(F)cc3c2=O)CC1. The zero-order valence-electron chi connectivity index (χ0n) is 19.3. The Morgan fingerprint density at radius 3 is 2.58 bits per heavy atom. The lowest BCUT2D eigenvalue weighted by Crippen LogP contribution is -2.55. The van der Waals surface area contributed by atoms with E-state index in [9.17, 15) is 18.8 Å². The van der Waals surface area contributed by atoms with Crippen molar-refractivity contribution in [2.24, 2.45) is 0 Å². The Labute approximate surface area is 210 Å². The summed E-state index contributed by atoms with van der Waals surface area (Å²) >= 11 is 1.36. The third kappa shape index (κ3) is 4.64. The Morgan fingerprint density at radius 1 is 1.08 bits per heavy atom. The molecule has 1 aliphatic rings. The van der Waals surface area contributed by atoms with Crippen molar-refractivity contribution in [2.45, 2.75) is 31.4 Å². The van der Waals surface area contributed by atoms with Gasteiger partial charge in [0, 0.05) is 24.7 Å². The molecule has 4 aromatic rings. The van der Waals surface area contributed by atoms with E-state index in [0.29, 0.717) is 10.5 Å². The smallest absolute Gasteiger partial charge is 0.410 e. The molecule has 1 saturated heterocycles. The van der Waals surface area contributed by atoms with E-state index in [1.807, 2.05) is 30.3 Å². The molecule has 0 radical (unpaired) electrons. The lowest BCUT2D eigenvalue weighted by molar-refractivity contribution is -0.129. The van der Waals surface area contributed by atoms with Gasteiger partial charge in [0.1, 0.15) is 18.0 Å². The quantitative estimate of drug-likeness (QED) is 0.393. The van der Waals surface area contributed by atoms with Crippen LogP contribution in [0.15, 0.2) is 71.2 Å². The number of halogens is 1. The van der Waals surface area contributed by atoms with Crippen LogP contribution in [-0.4, -0.2) is 44.4 Å². The van der Waals surface area contributed by atoms with Crippen LogP contribution in [-0.2, 0) is 28.1 Å². The van der Waals surface area contributed by atoms with Gasteiger partial charge in [-0.1, -0.05) is 30.3 Å². The molecule has 1 fully saturated rings. The largest absolute Gasteiger partial charge is 0.445 e. The highest BCUT2D eigenvalue weighted by Gasteiger charge is 2.45.